The maximum absolute atomic E-state index is 11.8. The van der Waals surface area contributed by atoms with Crippen molar-refractivity contribution >= 4 is 21.7 Å². The fourth-order valence-electron chi connectivity index (χ4n) is 2.72. The third-order valence-electron chi connectivity index (χ3n) is 4.21. The number of carbonyl (C=O) groups excluding carboxylic acids is 1. The van der Waals surface area contributed by atoms with Gasteiger partial charge in [0.05, 0.1) is 5.41 Å². The van der Waals surface area contributed by atoms with Crippen LogP contribution in [0.15, 0.2) is 22.7 Å². The molecule has 2 rings (SSSR count). The lowest BCUT2D eigenvalue weighted by Crippen LogP contribution is -2.56. The first kappa shape index (κ1) is 13.6. The molecule has 0 bridgehead atoms. The molecule has 2 nitrogen and oxygen atoms in total. The molecule has 0 radical (unpaired) electrons. The molecular weight excluding hydrogens is 292 g/mol. The Hall–Kier alpha value is -0.830. The van der Waals surface area contributed by atoms with Gasteiger partial charge in [0.15, 0.2) is 0 Å². The van der Waals surface area contributed by atoms with Crippen molar-refractivity contribution in [1.29, 1.82) is 0 Å². The second-order valence-corrected chi connectivity index (χ2v) is 5.86. The van der Waals surface area contributed by atoms with E-state index in [1.54, 1.807) is 0 Å². The van der Waals surface area contributed by atoms with Gasteiger partial charge in [-0.15, -0.1) is 0 Å². The molecule has 1 atom stereocenters. The molecule has 1 aliphatic carbocycles. The van der Waals surface area contributed by atoms with E-state index in [9.17, 15) is 4.79 Å². The van der Waals surface area contributed by atoms with E-state index in [1.165, 1.54) is 0 Å². The summed E-state index contributed by atoms with van der Waals surface area (Å²) in [5.41, 5.74) is 0.901. The Morgan fingerprint density at radius 3 is 2.56 bits per heavy atom. The summed E-state index contributed by atoms with van der Waals surface area (Å²) < 4.78 is 7.09. The lowest BCUT2D eigenvalue weighted by Gasteiger charge is -2.46. The predicted molar refractivity (Wildman–Crippen MR) is 75.9 cm³/mol. The van der Waals surface area contributed by atoms with Gasteiger partial charge in [-0.1, -0.05) is 29.8 Å². The largest absolute Gasteiger partial charge is 0.489 e. The van der Waals surface area contributed by atoms with Gasteiger partial charge in [0, 0.05) is 10.9 Å². The number of aryl methyl sites for hydroxylation is 1. The molecule has 0 amide bonds. The Balaban J connectivity index is 2.15. The number of hydrogen-bond acceptors (Lipinski definition) is 2. The van der Waals surface area contributed by atoms with Crippen LogP contribution >= 0.6 is 15.9 Å². The van der Waals surface area contributed by atoms with Crippen molar-refractivity contribution in [2.45, 2.75) is 46.1 Å². The molecule has 0 N–H and O–H groups in total. The topological polar surface area (TPSA) is 26.3 Å². The second-order valence-electron chi connectivity index (χ2n) is 5.01. The number of ether oxygens (including phenoxy) is 1. The van der Waals surface area contributed by atoms with Crippen molar-refractivity contribution in [1.82, 2.24) is 0 Å². The molecule has 0 aliphatic heterocycles. The monoisotopic (exact) mass is 310 g/mol. The van der Waals surface area contributed by atoms with E-state index >= 15 is 0 Å². The van der Waals surface area contributed by atoms with Gasteiger partial charge < -0.3 is 4.74 Å². The van der Waals surface area contributed by atoms with E-state index in [0.717, 1.165) is 28.6 Å². The minimum atomic E-state index is -0.249. The first-order chi connectivity index (χ1) is 8.53. The molecule has 1 fully saturated rings. The van der Waals surface area contributed by atoms with E-state index in [-0.39, 0.29) is 11.5 Å². The van der Waals surface area contributed by atoms with E-state index in [4.69, 9.17) is 4.74 Å². The molecule has 98 valence electrons. The maximum Gasteiger partial charge on any atom is 0.146 e. The van der Waals surface area contributed by atoms with Crippen molar-refractivity contribution in [3.8, 4) is 5.75 Å². The Morgan fingerprint density at radius 1 is 1.39 bits per heavy atom. The standard InChI is InChI=1S/C15H19BrO2/c1-4-15(5-2)13(17)9-14(15)18-11-6-7-12(16)10(3)8-11/h6-8,14H,4-5,9H2,1-3H3. The van der Waals surface area contributed by atoms with Crippen LogP contribution in [0.3, 0.4) is 0 Å². The van der Waals surface area contributed by atoms with Gasteiger partial charge in [-0.05, 0) is 43.5 Å². The third kappa shape index (κ3) is 2.09. The number of rotatable bonds is 4. The lowest BCUT2D eigenvalue weighted by atomic mass is 9.61. The highest BCUT2D eigenvalue weighted by atomic mass is 79.9. The van der Waals surface area contributed by atoms with Crippen LogP contribution in [0.5, 0.6) is 5.75 Å². The summed E-state index contributed by atoms with van der Waals surface area (Å²) >= 11 is 3.48. The molecule has 1 aromatic carbocycles. The van der Waals surface area contributed by atoms with E-state index in [2.05, 4.69) is 29.8 Å². The number of benzene rings is 1. The second kappa shape index (κ2) is 5.04. The summed E-state index contributed by atoms with van der Waals surface area (Å²) in [5, 5.41) is 0. The fraction of sp³-hybridized carbons (Fsp3) is 0.533. The molecular formula is C15H19BrO2. The van der Waals surface area contributed by atoms with Gasteiger partial charge in [-0.25, -0.2) is 0 Å². The van der Waals surface area contributed by atoms with Gasteiger partial charge in [-0.2, -0.15) is 0 Å². The van der Waals surface area contributed by atoms with Crippen LogP contribution in [0, 0.1) is 12.3 Å². The van der Waals surface area contributed by atoms with Crippen molar-refractivity contribution < 1.29 is 9.53 Å². The number of carbonyl (C=O) groups is 1. The Bertz CT molecular complexity index is 464. The highest BCUT2D eigenvalue weighted by Gasteiger charge is 2.53. The Labute approximate surface area is 117 Å². The van der Waals surface area contributed by atoms with Gasteiger partial charge >= 0.3 is 0 Å². The highest BCUT2D eigenvalue weighted by molar-refractivity contribution is 9.10. The van der Waals surface area contributed by atoms with Crippen LogP contribution in [0.1, 0.15) is 38.7 Å². The quantitative estimate of drug-likeness (QED) is 0.829. The van der Waals surface area contributed by atoms with Gasteiger partial charge in [-0.3, -0.25) is 4.79 Å². The maximum atomic E-state index is 11.8. The van der Waals surface area contributed by atoms with Crippen LogP contribution in [0.25, 0.3) is 0 Å². The fourth-order valence-corrected chi connectivity index (χ4v) is 2.97. The molecule has 0 spiro atoms. The van der Waals surface area contributed by atoms with Gasteiger partial charge in [0.2, 0.25) is 0 Å². The SMILES string of the molecule is CCC1(CC)C(=O)CC1Oc1ccc(Br)c(C)c1. The van der Waals surface area contributed by atoms with Crippen LogP contribution in [-0.4, -0.2) is 11.9 Å². The molecule has 0 aromatic heterocycles. The minimum Gasteiger partial charge on any atom is -0.489 e. The molecule has 18 heavy (non-hydrogen) atoms. The first-order valence-electron chi connectivity index (χ1n) is 6.49. The summed E-state index contributed by atoms with van der Waals surface area (Å²) in [4.78, 5) is 11.8. The van der Waals surface area contributed by atoms with Crippen molar-refractivity contribution in [3.63, 3.8) is 0 Å². The van der Waals surface area contributed by atoms with Crippen LogP contribution < -0.4 is 4.74 Å². The van der Waals surface area contributed by atoms with E-state index in [1.807, 2.05) is 25.1 Å². The Morgan fingerprint density at radius 2 is 2.06 bits per heavy atom. The molecule has 0 heterocycles. The lowest BCUT2D eigenvalue weighted by molar-refractivity contribution is -0.153. The van der Waals surface area contributed by atoms with Crippen molar-refractivity contribution in [3.05, 3.63) is 28.2 Å². The Kier molecular flexibility index (Phi) is 3.81. The van der Waals surface area contributed by atoms with E-state index < -0.39 is 0 Å². The van der Waals surface area contributed by atoms with Crippen LogP contribution in [0.2, 0.25) is 0 Å². The number of ketones is 1. The average Bonchev–Trinajstić information content (AvgIpc) is 2.35. The van der Waals surface area contributed by atoms with Crippen molar-refractivity contribution in [2.75, 3.05) is 0 Å². The molecule has 3 heteroatoms. The summed E-state index contributed by atoms with van der Waals surface area (Å²) in [6.45, 7) is 6.18. The summed E-state index contributed by atoms with van der Waals surface area (Å²) in [6.07, 6.45) is 2.32. The summed E-state index contributed by atoms with van der Waals surface area (Å²) in [7, 11) is 0. The zero-order valence-corrected chi connectivity index (χ0v) is 12.7. The minimum absolute atomic E-state index is 0.0422. The molecule has 1 aliphatic rings. The van der Waals surface area contributed by atoms with Crippen LogP contribution in [0.4, 0.5) is 0 Å². The molecule has 1 saturated carbocycles. The number of hydrogen-bond donors (Lipinski definition) is 0. The smallest absolute Gasteiger partial charge is 0.146 e. The normalized spacial score (nSPS) is 21.6. The summed E-state index contributed by atoms with van der Waals surface area (Å²) in [5.74, 6) is 1.21. The average molecular weight is 311 g/mol. The van der Waals surface area contributed by atoms with Crippen molar-refractivity contribution in [2.24, 2.45) is 5.41 Å². The highest BCUT2D eigenvalue weighted by Crippen LogP contribution is 2.45. The first-order valence-corrected chi connectivity index (χ1v) is 7.29. The molecule has 1 aromatic rings. The molecule has 1 unspecified atom stereocenters. The van der Waals surface area contributed by atoms with Gasteiger partial charge in [0.25, 0.3) is 0 Å². The zero-order valence-electron chi connectivity index (χ0n) is 11.1. The summed E-state index contributed by atoms with van der Waals surface area (Å²) in [6, 6.07) is 5.96. The number of Topliss-reactive ketones (excluding diaryl/α,β-unsaturated/α-hetero) is 1. The predicted octanol–water partition coefficient (Wildman–Crippen LogP) is 4.28. The van der Waals surface area contributed by atoms with Gasteiger partial charge in [0.1, 0.15) is 17.6 Å². The van der Waals surface area contributed by atoms with E-state index in [0.29, 0.717) is 12.2 Å². The molecule has 0 saturated heterocycles. The zero-order chi connectivity index (χ0) is 13.3. The third-order valence-corrected chi connectivity index (χ3v) is 5.10. The van der Waals surface area contributed by atoms with Crippen LogP contribution in [-0.2, 0) is 4.79 Å². The number of halogens is 1.